The van der Waals surface area contributed by atoms with Gasteiger partial charge in [-0.2, -0.15) is 5.26 Å². The third-order valence-electron chi connectivity index (χ3n) is 5.08. The number of hydrogen-bond acceptors (Lipinski definition) is 5. The summed E-state index contributed by atoms with van der Waals surface area (Å²) in [6, 6.07) is 18.9. The fraction of sp³-hybridized carbons (Fsp3) is 0.231. The summed E-state index contributed by atoms with van der Waals surface area (Å²) in [7, 11) is 0. The number of nitrogens with one attached hydrogen (secondary N) is 2. The number of halogens is 1. The van der Waals surface area contributed by atoms with Gasteiger partial charge in [-0.1, -0.05) is 19.1 Å². The van der Waals surface area contributed by atoms with Crippen molar-refractivity contribution in [1.82, 2.24) is 4.98 Å². The van der Waals surface area contributed by atoms with E-state index in [1.54, 1.807) is 12.1 Å². The second kappa shape index (κ2) is 9.97. The first kappa shape index (κ1) is 21.4. The number of rotatable bonds is 9. The Kier molecular flexibility index (Phi) is 6.66. The molecule has 1 aliphatic rings. The lowest BCUT2D eigenvalue weighted by Crippen LogP contribution is -2.04. The van der Waals surface area contributed by atoms with Gasteiger partial charge in [-0.3, -0.25) is 0 Å². The van der Waals surface area contributed by atoms with Crippen LogP contribution in [0.3, 0.4) is 0 Å². The maximum absolute atomic E-state index is 13.9. The lowest BCUT2D eigenvalue weighted by Gasteiger charge is -2.14. The maximum Gasteiger partial charge on any atom is 0.255 e. The van der Waals surface area contributed by atoms with E-state index < -0.39 is 5.82 Å². The number of ether oxygens (including phenoxy) is 1. The minimum absolute atomic E-state index is 0.0783. The minimum Gasteiger partial charge on any atom is -0.436 e. The van der Waals surface area contributed by atoms with Crippen molar-refractivity contribution in [3.8, 4) is 17.7 Å². The first-order valence-corrected chi connectivity index (χ1v) is 10.8. The van der Waals surface area contributed by atoms with E-state index in [4.69, 9.17) is 4.74 Å². The quantitative estimate of drug-likeness (QED) is 0.302. The fourth-order valence-corrected chi connectivity index (χ4v) is 3.25. The van der Waals surface area contributed by atoms with Gasteiger partial charge in [-0.05, 0) is 67.3 Å². The van der Waals surface area contributed by atoms with Crippen molar-refractivity contribution >= 4 is 23.0 Å². The molecular formula is C26H25FN4O. The number of allylic oxidation sites excluding steroid dienone is 1. The number of pyridine rings is 1. The molecule has 0 amide bonds. The minimum atomic E-state index is -0.525. The Morgan fingerprint density at radius 3 is 2.72 bits per heavy atom. The summed E-state index contributed by atoms with van der Waals surface area (Å²) >= 11 is 0. The summed E-state index contributed by atoms with van der Waals surface area (Å²) in [5.74, 6) is -0.147. The van der Waals surface area contributed by atoms with Crippen molar-refractivity contribution in [3.63, 3.8) is 0 Å². The number of nitriles is 1. The van der Waals surface area contributed by atoms with E-state index in [1.165, 1.54) is 18.3 Å². The molecule has 0 spiro atoms. The molecule has 2 aromatic carbocycles. The normalized spacial score (nSPS) is 13.3. The predicted molar refractivity (Wildman–Crippen MR) is 126 cm³/mol. The molecular weight excluding hydrogens is 403 g/mol. The van der Waals surface area contributed by atoms with Gasteiger partial charge in [0.25, 0.3) is 5.88 Å². The lowest BCUT2D eigenvalue weighted by atomic mass is 10.0. The van der Waals surface area contributed by atoms with Gasteiger partial charge in [0.05, 0.1) is 11.6 Å². The van der Waals surface area contributed by atoms with E-state index in [9.17, 15) is 9.65 Å². The number of nitrogens with zero attached hydrogens (tertiary/aromatic N) is 2. The maximum atomic E-state index is 13.9. The molecule has 0 radical (unpaired) electrons. The highest BCUT2D eigenvalue weighted by Crippen LogP contribution is 2.35. The van der Waals surface area contributed by atoms with Crippen molar-refractivity contribution in [3.05, 3.63) is 77.7 Å². The van der Waals surface area contributed by atoms with E-state index >= 15 is 0 Å². The van der Waals surface area contributed by atoms with Crippen LogP contribution in [0.2, 0.25) is 0 Å². The highest BCUT2D eigenvalue weighted by molar-refractivity contribution is 5.94. The smallest absolute Gasteiger partial charge is 0.255 e. The third-order valence-corrected chi connectivity index (χ3v) is 5.08. The molecule has 0 atom stereocenters. The number of anilines is 2. The van der Waals surface area contributed by atoms with E-state index in [0.717, 1.165) is 48.3 Å². The molecule has 1 heterocycles. The van der Waals surface area contributed by atoms with E-state index in [-0.39, 0.29) is 5.88 Å². The van der Waals surface area contributed by atoms with Crippen LogP contribution < -0.4 is 15.4 Å². The van der Waals surface area contributed by atoms with Crippen LogP contribution >= 0.6 is 0 Å². The number of aromatic nitrogens is 1. The molecule has 3 aromatic rings. The molecule has 4 rings (SSSR count). The van der Waals surface area contributed by atoms with Crippen molar-refractivity contribution in [2.24, 2.45) is 0 Å². The summed E-state index contributed by atoms with van der Waals surface area (Å²) in [5, 5.41) is 16.7. The van der Waals surface area contributed by atoms with Crippen LogP contribution in [0.4, 0.5) is 15.8 Å². The summed E-state index contributed by atoms with van der Waals surface area (Å²) in [6.45, 7) is 3.05. The van der Waals surface area contributed by atoms with Crippen molar-refractivity contribution in [2.45, 2.75) is 32.2 Å². The molecule has 0 unspecified atom stereocenters. The molecule has 32 heavy (non-hydrogen) atoms. The molecule has 0 bridgehead atoms. The Bertz CT molecular complexity index is 1150. The Morgan fingerprint density at radius 2 is 2.03 bits per heavy atom. The second-order valence-electron chi connectivity index (χ2n) is 7.74. The van der Waals surface area contributed by atoms with Gasteiger partial charge in [0.2, 0.25) is 0 Å². The van der Waals surface area contributed by atoms with Gasteiger partial charge >= 0.3 is 0 Å². The average Bonchev–Trinajstić information content (AvgIpc) is 3.63. The molecule has 1 fully saturated rings. The zero-order valence-electron chi connectivity index (χ0n) is 17.9. The summed E-state index contributed by atoms with van der Waals surface area (Å²) in [5.41, 5.74) is 4.11. The van der Waals surface area contributed by atoms with E-state index in [0.29, 0.717) is 17.4 Å². The zero-order chi connectivity index (χ0) is 22.3. The Morgan fingerprint density at radius 1 is 1.22 bits per heavy atom. The highest BCUT2D eigenvalue weighted by Gasteiger charge is 2.23. The van der Waals surface area contributed by atoms with E-state index in [1.807, 2.05) is 36.4 Å². The summed E-state index contributed by atoms with van der Waals surface area (Å²) < 4.78 is 19.6. The third kappa shape index (κ3) is 5.44. The molecule has 6 heteroatoms. The Hall–Kier alpha value is -3.85. The van der Waals surface area contributed by atoms with Crippen molar-refractivity contribution in [2.75, 3.05) is 17.2 Å². The van der Waals surface area contributed by atoms with Crippen LogP contribution in [0.1, 0.15) is 37.3 Å². The van der Waals surface area contributed by atoms with Crippen LogP contribution in [-0.4, -0.2) is 17.6 Å². The number of benzene rings is 2. The summed E-state index contributed by atoms with van der Waals surface area (Å²) in [6.07, 6.45) is 6.57. The second-order valence-corrected chi connectivity index (χ2v) is 7.74. The first-order chi connectivity index (χ1) is 15.7. The molecule has 2 N–H and O–H groups in total. The molecule has 1 aliphatic carbocycles. The van der Waals surface area contributed by atoms with Crippen LogP contribution in [-0.2, 0) is 0 Å². The Labute approximate surface area is 187 Å². The first-order valence-electron chi connectivity index (χ1n) is 10.8. The number of hydrogen-bond donors (Lipinski definition) is 2. The van der Waals surface area contributed by atoms with E-state index in [2.05, 4.69) is 28.6 Å². The standard InChI is InChI=1S/C26H25FN4O/c1-2-13-29-20-7-5-18(6-8-20)15-19(17-28)23-12-11-22(16-25(23)31-21-9-10-21)32-26-24(27)4-3-14-30-26/h3-8,11-12,14-16,21,29,31H,2,9-10,13H2,1H3/b19-15+. The van der Waals surface area contributed by atoms with Crippen LogP contribution in [0.5, 0.6) is 11.6 Å². The van der Waals surface area contributed by atoms with Gasteiger partial charge in [-0.15, -0.1) is 0 Å². The highest BCUT2D eigenvalue weighted by atomic mass is 19.1. The van der Waals surface area contributed by atoms with Crippen molar-refractivity contribution in [1.29, 1.82) is 5.26 Å². The molecule has 0 aliphatic heterocycles. The molecule has 1 aromatic heterocycles. The largest absolute Gasteiger partial charge is 0.436 e. The van der Waals surface area contributed by atoms with Gasteiger partial charge in [0.15, 0.2) is 5.82 Å². The topological polar surface area (TPSA) is 70.0 Å². The molecule has 162 valence electrons. The predicted octanol–water partition coefficient (Wildman–Crippen LogP) is 6.47. The fourth-order valence-electron chi connectivity index (χ4n) is 3.25. The SMILES string of the molecule is CCCNc1ccc(/C=C(\C#N)c2ccc(Oc3ncccc3F)cc2NC2CC2)cc1. The van der Waals surface area contributed by atoms with Crippen molar-refractivity contribution < 1.29 is 9.13 Å². The van der Waals surface area contributed by atoms with Crippen LogP contribution in [0.25, 0.3) is 11.6 Å². The van der Waals surface area contributed by atoms with Crippen LogP contribution in [0, 0.1) is 17.1 Å². The van der Waals surface area contributed by atoms with Gasteiger partial charge in [0, 0.05) is 41.8 Å². The Balaban J connectivity index is 1.62. The lowest BCUT2D eigenvalue weighted by molar-refractivity contribution is 0.423. The molecule has 5 nitrogen and oxygen atoms in total. The molecule has 1 saturated carbocycles. The molecule has 0 saturated heterocycles. The van der Waals surface area contributed by atoms with Gasteiger partial charge in [-0.25, -0.2) is 9.37 Å². The van der Waals surface area contributed by atoms with Gasteiger partial charge < -0.3 is 15.4 Å². The summed E-state index contributed by atoms with van der Waals surface area (Å²) in [4.78, 5) is 3.95. The van der Waals surface area contributed by atoms with Gasteiger partial charge in [0.1, 0.15) is 5.75 Å². The van der Waals surface area contributed by atoms with Crippen LogP contribution in [0.15, 0.2) is 60.8 Å². The zero-order valence-corrected chi connectivity index (χ0v) is 17.9. The monoisotopic (exact) mass is 428 g/mol. The average molecular weight is 429 g/mol.